The molecule has 1 N–H and O–H groups in total. The Morgan fingerprint density at radius 1 is 1.30 bits per heavy atom. The molecule has 2 aromatic rings. The van der Waals surface area contributed by atoms with Gasteiger partial charge in [0.1, 0.15) is 5.69 Å². The van der Waals surface area contributed by atoms with Gasteiger partial charge in [-0.1, -0.05) is 24.3 Å². The number of para-hydroxylation sites is 1. The molecule has 1 atom stereocenters. The van der Waals surface area contributed by atoms with Crippen molar-refractivity contribution in [3.63, 3.8) is 0 Å². The normalized spacial score (nSPS) is 21.8. The van der Waals surface area contributed by atoms with Crippen molar-refractivity contribution in [3.05, 3.63) is 42.1 Å². The molecule has 0 unspecified atom stereocenters. The van der Waals surface area contributed by atoms with Gasteiger partial charge in [0.2, 0.25) is 0 Å². The summed E-state index contributed by atoms with van der Waals surface area (Å²) < 4.78 is 0. The molecule has 5 nitrogen and oxygen atoms in total. The lowest BCUT2D eigenvalue weighted by Crippen LogP contribution is -2.54. The zero-order valence-corrected chi connectivity index (χ0v) is 13.7. The summed E-state index contributed by atoms with van der Waals surface area (Å²) >= 11 is 0. The Labute approximate surface area is 136 Å². The Bertz CT molecular complexity index is 716. The van der Waals surface area contributed by atoms with Crippen LogP contribution in [0.4, 0.5) is 0 Å². The number of β-amino-alcohol motifs (C(OH)–C–C–N with tert-alkyl or cyclic N) is 1. The number of hydrogen-bond donors (Lipinski definition) is 1. The number of nitrogens with zero attached hydrogens (tertiary/aromatic N) is 3. The fourth-order valence-corrected chi connectivity index (χ4v) is 3.35. The third kappa shape index (κ3) is 3.51. The standard InChI is InChI=1S/C18H23N3O2/c1-20(2)12-18(23)10-5-11-21(13-18)17(22)16-9-8-14-6-3-4-7-15(14)19-16/h3-4,6-9,23H,5,10-13H2,1-2H3/t18-/m1/s1. The topological polar surface area (TPSA) is 56.7 Å². The Kier molecular flexibility index (Phi) is 4.33. The minimum Gasteiger partial charge on any atom is -0.387 e. The van der Waals surface area contributed by atoms with Crippen molar-refractivity contribution in [2.24, 2.45) is 0 Å². The fourth-order valence-electron chi connectivity index (χ4n) is 3.35. The minimum atomic E-state index is -0.839. The fraction of sp³-hybridized carbons (Fsp3) is 0.444. The third-order valence-corrected chi connectivity index (χ3v) is 4.27. The summed E-state index contributed by atoms with van der Waals surface area (Å²) in [5.74, 6) is -0.104. The Hall–Kier alpha value is -1.98. The average molecular weight is 313 g/mol. The molecule has 1 aromatic heterocycles. The zero-order chi connectivity index (χ0) is 16.4. The number of carbonyl (C=O) groups is 1. The molecule has 5 heteroatoms. The monoisotopic (exact) mass is 313 g/mol. The summed E-state index contributed by atoms with van der Waals surface area (Å²) in [6.07, 6.45) is 1.53. The van der Waals surface area contributed by atoms with E-state index in [0.717, 1.165) is 23.7 Å². The number of benzene rings is 1. The molecule has 122 valence electrons. The molecule has 0 bridgehead atoms. The summed E-state index contributed by atoms with van der Waals surface area (Å²) in [5.41, 5.74) is 0.422. The molecular weight excluding hydrogens is 290 g/mol. The van der Waals surface area contributed by atoms with Crippen molar-refractivity contribution in [1.82, 2.24) is 14.8 Å². The van der Waals surface area contributed by atoms with Crippen LogP contribution in [0.2, 0.25) is 0 Å². The number of likely N-dealkylation sites (N-methyl/N-ethyl adjacent to an activating group) is 1. The number of piperidine rings is 1. The van der Waals surface area contributed by atoms with Crippen LogP contribution in [0.15, 0.2) is 36.4 Å². The smallest absolute Gasteiger partial charge is 0.272 e. The van der Waals surface area contributed by atoms with E-state index in [-0.39, 0.29) is 5.91 Å². The van der Waals surface area contributed by atoms with Gasteiger partial charge in [-0.3, -0.25) is 4.79 Å². The first-order valence-electron chi connectivity index (χ1n) is 7.99. The van der Waals surface area contributed by atoms with Crippen LogP contribution in [0, 0.1) is 0 Å². The van der Waals surface area contributed by atoms with Crippen LogP contribution in [-0.4, -0.2) is 65.1 Å². The lowest BCUT2D eigenvalue weighted by molar-refractivity contribution is -0.0392. The molecule has 1 aliphatic heterocycles. The quantitative estimate of drug-likeness (QED) is 0.938. The Morgan fingerprint density at radius 2 is 2.09 bits per heavy atom. The molecule has 0 aliphatic carbocycles. The van der Waals surface area contributed by atoms with Gasteiger partial charge in [0.15, 0.2) is 0 Å². The first-order valence-corrected chi connectivity index (χ1v) is 7.99. The van der Waals surface area contributed by atoms with Crippen molar-refractivity contribution in [2.45, 2.75) is 18.4 Å². The van der Waals surface area contributed by atoms with Crippen LogP contribution in [0.3, 0.4) is 0 Å². The third-order valence-electron chi connectivity index (χ3n) is 4.27. The van der Waals surface area contributed by atoms with E-state index in [1.165, 1.54) is 0 Å². The number of hydrogen-bond acceptors (Lipinski definition) is 4. The van der Waals surface area contributed by atoms with Crippen LogP contribution in [0.5, 0.6) is 0 Å². The summed E-state index contributed by atoms with van der Waals surface area (Å²) in [6.45, 7) is 1.59. The molecule has 3 rings (SSSR count). The van der Waals surface area contributed by atoms with Gasteiger partial charge >= 0.3 is 0 Å². The van der Waals surface area contributed by atoms with E-state index in [1.54, 1.807) is 11.0 Å². The Balaban J connectivity index is 1.80. The molecule has 1 saturated heterocycles. The summed E-state index contributed by atoms with van der Waals surface area (Å²) in [7, 11) is 3.87. The van der Waals surface area contributed by atoms with Gasteiger partial charge in [0.25, 0.3) is 5.91 Å². The molecule has 0 radical (unpaired) electrons. The van der Waals surface area contributed by atoms with E-state index in [2.05, 4.69) is 4.98 Å². The van der Waals surface area contributed by atoms with E-state index >= 15 is 0 Å². The molecular formula is C18H23N3O2. The number of aliphatic hydroxyl groups is 1. The molecule has 1 fully saturated rings. The molecule has 2 heterocycles. The highest BCUT2D eigenvalue weighted by molar-refractivity contribution is 5.95. The van der Waals surface area contributed by atoms with Crippen LogP contribution in [0.25, 0.3) is 10.9 Å². The highest BCUT2D eigenvalue weighted by Gasteiger charge is 2.36. The second kappa shape index (κ2) is 6.26. The lowest BCUT2D eigenvalue weighted by atomic mass is 9.92. The lowest BCUT2D eigenvalue weighted by Gasteiger charge is -2.40. The molecule has 1 amide bonds. The van der Waals surface area contributed by atoms with E-state index in [9.17, 15) is 9.90 Å². The number of fused-ring (bicyclic) bond motifs is 1. The summed E-state index contributed by atoms with van der Waals surface area (Å²) in [4.78, 5) is 20.9. The summed E-state index contributed by atoms with van der Waals surface area (Å²) in [6, 6.07) is 11.5. The average Bonchev–Trinajstić information content (AvgIpc) is 2.52. The molecule has 0 spiro atoms. The number of rotatable bonds is 3. The largest absolute Gasteiger partial charge is 0.387 e. The first-order chi connectivity index (χ1) is 11.0. The van der Waals surface area contributed by atoms with Crippen LogP contribution in [0.1, 0.15) is 23.3 Å². The van der Waals surface area contributed by atoms with E-state index in [4.69, 9.17) is 0 Å². The number of carbonyl (C=O) groups excluding carboxylic acids is 1. The number of amides is 1. The van der Waals surface area contributed by atoms with Crippen LogP contribution in [-0.2, 0) is 0 Å². The van der Waals surface area contributed by atoms with Crippen molar-refractivity contribution in [1.29, 1.82) is 0 Å². The van der Waals surface area contributed by atoms with E-state index < -0.39 is 5.60 Å². The van der Waals surface area contributed by atoms with Crippen molar-refractivity contribution >= 4 is 16.8 Å². The Morgan fingerprint density at radius 3 is 2.87 bits per heavy atom. The van der Waals surface area contributed by atoms with E-state index in [0.29, 0.717) is 25.3 Å². The predicted molar refractivity (Wildman–Crippen MR) is 90.4 cm³/mol. The van der Waals surface area contributed by atoms with Crippen molar-refractivity contribution < 1.29 is 9.90 Å². The van der Waals surface area contributed by atoms with Crippen LogP contribution < -0.4 is 0 Å². The highest BCUT2D eigenvalue weighted by Crippen LogP contribution is 2.23. The maximum absolute atomic E-state index is 12.8. The predicted octanol–water partition coefficient (Wildman–Crippen LogP) is 1.76. The minimum absolute atomic E-state index is 0.104. The van der Waals surface area contributed by atoms with Gasteiger partial charge in [-0.15, -0.1) is 0 Å². The highest BCUT2D eigenvalue weighted by atomic mass is 16.3. The van der Waals surface area contributed by atoms with Gasteiger partial charge in [-0.05, 0) is 39.1 Å². The van der Waals surface area contributed by atoms with Gasteiger partial charge in [-0.2, -0.15) is 0 Å². The zero-order valence-electron chi connectivity index (χ0n) is 13.7. The number of likely N-dealkylation sites (tertiary alicyclic amines) is 1. The van der Waals surface area contributed by atoms with E-state index in [1.807, 2.05) is 49.3 Å². The van der Waals surface area contributed by atoms with Gasteiger partial charge in [0.05, 0.1) is 17.7 Å². The second-order valence-corrected chi connectivity index (χ2v) is 6.68. The van der Waals surface area contributed by atoms with Gasteiger partial charge < -0.3 is 14.9 Å². The maximum Gasteiger partial charge on any atom is 0.272 e. The SMILES string of the molecule is CN(C)C[C@]1(O)CCCN(C(=O)c2ccc3ccccc3n2)C1. The van der Waals surface area contributed by atoms with Gasteiger partial charge in [-0.25, -0.2) is 4.98 Å². The maximum atomic E-state index is 12.8. The van der Waals surface area contributed by atoms with Crippen LogP contribution >= 0.6 is 0 Å². The molecule has 1 aromatic carbocycles. The number of aromatic nitrogens is 1. The summed E-state index contributed by atoms with van der Waals surface area (Å²) in [5, 5.41) is 11.7. The molecule has 23 heavy (non-hydrogen) atoms. The molecule has 1 aliphatic rings. The van der Waals surface area contributed by atoms with Gasteiger partial charge in [0, 0.05) is 18.5 Å². The van der Waals surface area contributed by atoms with Crippen molar-refractivity contribution in [2.75, 3.05) is 33.7 Å². The second-order valence-electron chi connectivity index (χ2n) is 6.68. The molecule has 0 saturated carbocycles. The first kappa shape index (κ1) is 15.9. The van der Waals surface area contributed by atoms with Crippen molar-refractivity contribution in [3.8, 4) is 0 Å². The number of pyridine rings is 1.